The van der Waals surface area contributed by atoms with Crippen molar-refractivity contribution in [1.29, 1.82) is 0 Å². The molecule has 0 spiro atoms. The van der Waals surface area contributed by atoms with E-state index in [9.17, 15) is 9.90 Å². The molecule has 30 heavy (non-hydrogen) atoms. The molecule has 0 saturated heterocycles. The molecule has 0 aromatic heterocycles. The van der Waals surface area contributed by atoms with E-state index < -0.39 is 0 Å². The van der Waals surface area contributed by atoms with Gasteiger partial charge in [-0.15, -0.1) is 0 Å². The van der Waals surface area contributed by atoms with Gasteiger partial charge < -0.3 is 21.1 Å². The second-order valence-electron chi connectivity index (χ2n) is 7.71. The second kappa shape index (κ2) is 12.6. The van der Waals surface area contributed by atoms with Crippen LogP contribution in [0.15, 0.2) is 59.6 Å². The first kappa shape index (κ1) is 23.4. The van der Waals surface area contributed by atoms with Gasteiger partial charge in [-0.2, -0.15) is 0 Å². The van der Waals surface area contributed by atoms with E-state index in [0.717, 1.165) is 23.4 Å². The SMILES string of the molecule is CCNC(=NCc1cccc(NC(=O)CC(C)C)c1)NCC(CO)c1ccccc1. The maximum Gasteiger partial charge on any atom is 0.224 e. The van der Waals surface area contributed by atoms with Crippen LogP contribution in [0.2, 0.25) is 0 Å². The Balaban J connectivity index is 1.98. The molecule has 4 N–H and O–H groups in total. The Hall–Kier alpha value is -2.86. The van der Waals surface area contributed by atoms with Crippen molar-refractivity contribution in [2.24, 2.45) is 10.9 Å². The maximum atomic E-state index is 12.0. The van der Waals surface area contributed by atoms with Crippen molar-refractivity contribution in [2.45, 2.75) is 39.7 Å². The highest BCUT2D eigenvalue weighted by Gasteiger charge is 2.11. The molecular formula is C24H34N4O2. The number of aliphatic hydroxyl groups is 1. The number of nitrogens with one attached hydrogen (secondary N) is 3. The molecule has 0 aliphatic heterocycles. The molecule has 2 aromatic rings. The van der Waals surface area contributed by atoms with Gasteiger partial charge in [0.15, 0.2) is 5.96 Å². The summed E-state index contributed by atoms with van der Waals surface area (Å²) in [4.78, 5) is 16.7. The molecule has 1 unspecified atom stereocenters. The van der Waals surface area contributed by atoms with Gasteiger partial charge in [-0.05, 0) is 36.1 Å². The summed E-state index contributed by atoms with van der Waals surface area (Å²) < 4.78 is 0. The summed E-state index contributed by atoms with van der Waals surface area (Å²) in [5, 5.41) is 19.3. The third-order valence-electron chi connectivity index (χ3n) is 4.58. The highest BCUT2D eigenvalue weighted by Crippen LogP contribution is 2.14. The van der Waals surface area contributed by atoms with Gasteiger partial charge in [-0.25, -0.2) is 4.99 Å². The Morgan fingerprint density at radius 1 is 1.07 bits per heavy atom. The van der Waals surface area contributed by atoms with Crippen molar-refractivity contribution in [3.8, 4) is 0 Å². The number of rotatable bonds is 10. The smallest absolute Gasteiger partial charge is 0.224 e. The minimum absolute atomic E-state index is 0.00504. The molecular weight excluding hydrogens is 376 g/mol. The number of nitrogens with zero attached hydrogens (tertiary/aromatic N) is 1. The largest absolute Gasteiger partial charge is 0.396 e. The lowest BCUT2D eigenvalue weighted by Gasteiger charge is -2.18. The maximum absolute atomic E-state index is 12.0. The van der Waals surface area contributed by atoms with Gasteiger partial charge in [0.25, 0.3) is 0 Å². The van der Waals surface area contributed by atoms with Crippen LogP contribution in [0.4, 0.5) is 5.69 Å². The van der Waals surface area contributed by atoms with Gasteiger partial charge in [-0.1, -0.05) is 56.3 Å². The minimum atomic E-state index is -0.00504. The van der Waals surface area contributed by atoms with E-state index in [4.69, 9.17) is 0 Å². The van der Waals surface area contributed by atoms with E-state index in [1.807, 2.05) is 75.4 Å². The number of aliphatic hydroxyl groups excluding tert-OH is 1. The Morgan fingerprint density at radius 2 is 1.83 bits per heavy atom. The van der Waals surface area contributed by atoms with E-state index >= 15 is 0 Å². The van der Waals surface area contributed by atoms with Gasteiger partial charge in [0.05, 0.1) is 13.2 Å². The lowest BCUT2D eigenvalue weighted by Crippen LogP contribution is -2.39. The predicted octanol–water partition coefficient (Wildman–Crippen LogP) is 3.50. The van der Waals surface area contributed by atoms with Crippen LogP contribution in [0, 0.1) is 5.92 Å². The lowest BCUT2D eigenvalue weighted by molar-refractivity contribution is -0.116. The van der Waals surface area contributed by atoms with E-state index in [1.54, 1.807) is 0 Å². The molecule has 0 heterocycles. The summed E-state index contributed by atoms with van der Waals surface area (Å²) in [5.74, 6) is 1.04. The molecule has 1 amide bonds. The molecule has 2 aromatic carbocycles. The Morgan fingerprint density at radius 3 is 2.50 bits per heavy atom. The van der Waals surface area contributed by atoms with Gasteiger partial charge in [-0.3, -0.25) is 4.79 Å². The van der Waals surface area contributed by atoms with Crippen LogP contribution in [0.25, 0.3) is 0 Å². The monoisotopic (exact) mass is 410 g/mol. The lowest BCUT2D eigenvalue weighted by atomic mass is 10.0. The molecule has 6 heteroatoms. The molecule has 162 valence electrons. The zero-order valence-corrected chi connectivity index (χ0v) is 18.2. The summed E-state index contributed by atoms with van der Waals surface area (Å²) in [6.45, 7) is 7.94. The topological polar surface area (TPSA) is 85.8 Å². The van der Waals surface area contributed by atoms with Crippen LogP contribution < -0.4 is 16.0 Å². The predicted molar refractivity (Wildman–Crippen MR) is 124 cm³/mol. The highest BCUT2D eigenvalue weighted by molar-refractivity contribution is 5.90. The third kappa shape index (κ3) is 8.25. The van der Waals surface area contributed by atoms with Crippen molar-refractivity contribution in [3.05, 3.63) is 65.7 Å². The number of guanidine groups is 1. The summed E-state index contributed by atoms with van der Waals surface area (Å²) in [6.07, 6.45) is 0.504. The summed E-state index contributed by atoms with van der Waals surface area (Å²) >= 11 is 0. The minimum Gasteiger partial charge on any atom is -0.396 e. The molecule has 1 atom stereocenters. The average molecular weight is 411 g/mol. The number of carbonyl (C=O) groups excluding carboxylic acids is 1. The van der Waals surface area contributed by atoms with Crippen molar-refractivity contribution in [2.75, 3.05) is 25.0 Å². The first-order valence-electron chi connectivity index (χ1n) is 10.6. The molecule has 0 saturated carbocycles. The zero-order chi connectivity index (χ0) is 21.8. The number of benzene rings is 2. The fraction of sp³-hybridized carbons (Fsp3) is 0.417. The van der Waals surface area contributed by atoms with Crippen LogP contribution in [0.5, 0.6) is 0 Å². The van der Waals surface area contributed by atoms with Crippen molar-refractivity contribution < 1.29 is 9.90 Å². The van der Waals surface area contributed by atoms with Gasteiger partial charge >= 0.3 is 0 Å². The van der Waals surface area contributed by atoms with E-state index in [-0.39, 0.29) is 18.4 Å². The molecule has 0 bridgehead atoms. The van der Waals surface area contributed by atoms with Crippen LogP contribution in [-0.2, 0) is 11.3 Å². The van der Waals surface area contributed by atoms with E-state index in [1.165, 1.54) is 0 Å². The van der Waals surface area contributed by atoms with E-state index in [2.05, 4.69) is 20.9 Å². The van der Waals surface area contributed by atoms with Gasteiger partial charge in [0.1, 0.15) is 0 Å². The van der Waals surface area contributed by atoms with Crippen LogP contribution in [0.1, 0.15) is 44.2 Å². The Kier molecular flexibility index (Phi) is 9.87. The van der Waals surface area contributed by atoms with Gasteiger partial charge in [0, 0.05) is 31.1 Å². The molecule has 0 radical (unpaired) electrons. The van der Waals surface area contributed by atoms with Crippen LogP contribution >= 0.6 is 0 Å². The van der Waals surface area contributed by atoms with Crippen molar-refractivity contribution >= 4 is 17.6 Å². The van der Waals surface area contributed by atoms with Crippen LogP contribution in [-0.4, -0.2) is 36.7 Å². The molecule has 0 fully saturated rings. The Bertz CT molecular complexity index is 806. The zero-order valence-electron chi connectivity index (χ0n) is 18.2. The molecule has 0 aliphatic rings. The molecule has 6 nitrogen and oxygen atoms in total. The first-order chi connectivity index (χ1) is 14.5. The number of amides is 1. The Labute approximate surface area is 179 Å². The fourth-order valence-electron chi connectivity index (χ4n) is 3.08. The average Bonchev–Trinajstić information content (AvgIpc) is 2.72. The van der Waals surface area contributed by atoms with Crippen molar-refractivity contribution in [3.63, 3.8) is 0 Å². The second-order valence-corrected chi connectivity index (χ2v) is 7.71. The molecule has 0 aliphatic carbocycles. The van der Waals surface area contributed by atoms with E-state index in [0.29, 0.717) is 31.4 Å². The van der Waals surface area contributed by atoms with Gasteiger partial charge in [0.2, 0.25) is 5.91 Å². The standard InChI is InChI=1S/C24H34N4O2/c1-4-25-24(27-16-21(17-29)20-10-6-5-7-11-20)26-15-19-9-8-12-22(14-19)28-23(30)13-18(2)3/h5-12,14,18,21,29H,4,13,15-17H2,1-3H3,(H,28,30)(H2,25,26,27). The summed E-state index contributed by atoms with van der Waals surface area (Å²) in [7, 11) is 0. The first-order valence-corrected chi connectivity index (χ1v) is 10.6. The fourth-order valence-corrected chi connectivity index (χ4v) is 3.08. The molecule has 2 rings (SSSR count). The quantitative estimate of drug-likeness (QED) is 0.357. The summed E-state index contributed by atoms with van der Waals surface area (Å²) in [6, 6.07) is 17.7. The van der Waals surface area contributed by atoms with Crippen molar-refractivity contribution in [1.82, 2.24) is 10.6 Å². The number of aliphatic imine (C=N–C) groups is 1. The number of hydrogen-bond acceptors (Lipinski definition) is 3. The number of anilines is 1. The third-order valence-corrected chi connectivity index (χ3v) is 4.58. The highest BCUT2D eigenvalue weighted by atomic mass is 16.3. The number of carbonyl (C=O) groups is 1. The van der Waals surface area contributed by atoms with Crippen LogP contribution in [0.3, 0.4) is 0 Å². The summed E-state index contributed by atoms with van der Waals surface area (Å²) in [5.41, 5.74) is 2.89. The number of hydrogen-bond donors (Lipinski definition) is 4. The normalized spacial score (nSPS) is 12.5.